The Kier molecular flexibility index (Phi) is 4.04. The molecule has 7 heteroatoms. The number of nitrogens with one attached hydrogen (secondary N) is 2. The van der Waals surface area contributed by atoms with Crippen LogP contribution in [0, 0.1) is 0 Å². The molecule has 2 amide bonds. The first-order valence-corrected chi connectivity index (χ1v) is 6.21. The summed E-state index contributed by atoms with van der Waals surface area (Å²) in [5.74, 6) is -0.386. The van der Waals surface area contributed by atoms with Crippen LogP contribution in [0.4, 0.5) is 0 Å². The molecule has 1 saturated heterocycles. The summed E-state index contributed by atoms with van der Waals surface area (Å²) in [5.41, 5.74) is 0.0982. The van der Waals surface area contributed by atoms with Gasteiger partial charge in [0.2, 0.25) is 5.91 Å². The van der Waals surface area contributed by atoms with Crippen molar-refractivity contribution in [2.24, 2.45) is 0 Å². The number of hydrogen-bond donors (Lipinski definition) is 2. The molecule has 0 aliphatic carbocycles. The molecule has 96 valence electrons. The van der Waals surface area contributed by atoms with E-state index in [0.29, 0.717) is 19.4 Å². The average Bonchev–Trinajstić information content (AvgIpc) is 2.35. The largest absolute Gasteiger partial charge is 0.354 e. The highest BCUT2D eigenvalue weighted by molar-refractivity contribution is 6.34. The number of amides is 2. The maximum atomic E-state index is 11.9. The minimum atomic E-state index is -0.386. The zero-order chi connectivity index (χ0) is 13.1. The predicted molar refractivity (Wildman–Crippen MR) is 67.8 cm³/mol. The number of carbonyl (C=O) groups excluding carboxylic acids is 2. The van der Waals surface area contributed by atoms with E-state index < -0.39 is 0 Å². The molecule has 1 aliphatic rings. The Labute approximate surface area is 114 Å². The summed E-state index contributed by atoms with van der Waals surface area (Å²) in [6.45, 7) is 0.419. The van der Waals surface area contributed by atoms with Crippen molar-refractivity contribution in [1.29, 1.82) is 0 Å². The lowest BCUT2D eigenvalue weighted by Gasteiger charge is -2.23. The number of nitrogens with zero attached hydrogens (tertiary/aromatic N) is 1. The summed E-state index contributed by atoms with van der Waals surface area (Å²) in [4.78, 5) is 26.8. The van der Waals surface area contributed by atoms with E-state index in [1.54, 1.807) is 0 Å². The normalized spacial score (nSPS) is 19.2. The van der Waals surface area contributed by atoms with Crippen molar-refractivity contribution in [2.45, 2.75) is 18.9 Å². The molecule has 1 aliphatic heterocycles. The molecule has 1 atom stereocenters. The molecule has 1 aromatic heterocycles. The summed E-state index contributed by atoms with van der Waals surface area (Å²) in [6.07, 6.45) is 1.01. The van der Waals surface area contributed by atoms with Crippen molar-refractivity contribution in [3.8, 4) is 0 Å². The number of hydrogen-bond acceptors (Lipinski definition) is 3. The van der Waals surface area contributed by atoms with E-state index in [9.17, 15) is 9.59 Å². The van der Waals surface area contributed by atoms with Gasteiger partial charge in [-0.05, 0) is 18.6 Å². The van der Waals surface area contributed by atoms with Crippen molar-refractivity contribution in [3.63, 3.8) is 0 Å². The van der Waals surface area contributed by atoms with E-state index in [2.05, 4.69) is 15.6 Å². The molecular formula is C11H11Cl2N3O2. The van der Waals surface area contributed by atoms with Crippen LogP contribution < -0.4 is 10.6 Å². The third-order valence-corrected chi connectivity index (χ3v) is 3.14. The van der Waals surface area contributed by atoms with Crippen molar-refractivity contribution in [1.82, 2.24) is 15.6 Å². The Morgan fingerprint density at radius 3 is 2.89 bits per heavy atom. The molecule has 2 rings (SSSR count). The Morgan fingerprint density at radius 1 is 1.44 bits per heavy atom. The van der Waals surface area contributed by atoms with Gasteiger partial charge in [0.1, 0.15) is 10.8 Å². The lowest BCUT2D eigenvalue weighted by molar-refractivity contribution is -0.122. The highest BCUT2D eigenvalue weighted by atomic mass is 35.5. The third-order valence-electron chi connectivity index (χ3n) is 2.63. The van der Waals surface area contributed by atoms with Gasteiger partial charge in [0.15, 0.2) is 0 Å². The number of aromatic nitrogens is 1. The monoisotopic (exact) mass is 287 g/mol. The van der Waals surface area contributed by atoms with Crippen molar-refractivity contribution < 1.29 is 9.59 Å². The van der Waals surface area contributed by atoms with Gasteiger partial charge in [-0.2, -0.15) is 0 Å². The van der Waals surface area contributed by atoms with Crippen LogP contribution in [-0.4, -0.2) is 29.4 Å². The van der Waals surface area contributed by atoms with Crippen LogP contribution in [0.3, 0.4) is 0 Å². The summed E-state index contributed by atoms with van der Waals surface area (Å²) < 4.78 is 0. The van der Waals surface area contributed by atoms with Gasteiger partial charge in [-0.3, -0.25) is 9.59 Å². The van der Waals surface area contributed by atoms with Crippen LogP contribution in [0.2, 0.25) is 10.2 Å². The molecule has 2 heterocycles. The predicted octanol–water partition coefficient (Wildman–Crippen LogP) is 1.40. The van der Waals surface area contributed by atoms with E-state index in [1.165, 1.54) is 12.1 Å². The molecule has 1 fully saturated rings. The fourth-order valence-electron chi connectivity index (χ4n) is 1.69. The van der Waals surface area contributed by atoms with Gasteiger partial charge in [-0.25, -0.2) is 4.98 Å². The number of halogens is 2. The average molecular weight is 288 g/mol. The highest BCUT2D eigenvalue weighted by Gasteiger charge is 2.21. The zero-order valence-electron chi connectivity index (χ0n) is 9.37. The van der Waals surface area contributed by atoms with E-state index >= 15 is 0 Å². The second-order valence-corrected chi connectivity index (χ2v) is 4.77. The second kappa shape index (κ2) is 5.54. The van der Waals surface area contributed by atoms with Crippen molar-refractivity contribution in [3.05, 3.63) is 28.0 Å². The molecule has 18 heavy (non-hydrogen) atoms. The molecule has 2 N–H and O–H groups in total. The van der Waals surface area contributed by atoms with Gasteiger partial charge in [-0.1, -0.05) is 23.2 Å². The molecule has 0 radical (unpaired) electrons. The number of pyridine rings is 1. The van der Waals surface area contributed by atoms with E-state index in [0.717, 1.165) is 0 Å². The van der Waals surface area contributed by atoms with Gasteiger partial charge < -0.3 is 10.6 Å². The first-order valence-electron chi connectivity index (χ1n) is 5.46. The standard InChI is InChI=1S/C11H11Cl2N3O2/c12-7-2-3-8(13)16-10(7)11(18)15-6-1-4-9(17)14-5-6/h2-3,6H,1,4-5H2,(H,14,17)(H,15,18). The van der Waals surface area contributed by atoms with Crippen LogP contribution in [0.15, 0.2) is 12.1 Å². The van der Waals surface area contributed by atoms with Crippen LogP contribution in [0.5, 0.6) is 0 Å². The van der Waals surface area contributed by atoms with Gasteiger partial charge in [0.25, 0.3) is 5.91 Å². The summed E-state index contributed by atoms with van der Waals surface area (Å²) in [5, 5.41) is 5.90. The lowest BCUT2D eigenvalue weighted by Crippen LogP contribution is -2.47. The molecule has 1 unspecified atom stereocenters. The SMILES string of the molecule is O=C1CCC(NC(=O)c2nc(Cl)ccc2Cl)CN1. The molecule has 1 aromatic rings. The van der Waals surface area contributed by atoms with E-state index in [1.807, 2.05) is 0 Å². The first-order chi connectivity index (χ1) is 8.56. The Morgan fingerprint density at radius 2 is 2.22 bits per heavy atom. The van der Waals surface area contributed by atoms with Crippen LogP contribution in [0.1, 0.15) is 23.3 Å². The minimum Gasteiger partial charge on any atom is -0.354 e. The summed E-state index contributed by atoms with van der Waals surface area (Å²) in [7, 11) is 0. The lowest BCUT2D eigenvalue weighted by atomic mass is 10.1. The van der Waals surface area contributed by atoms with Crippen molar-refractivity contribution >= 4 is 35.0 Å². The zero-order valence-corrected chi connectivity index (χ0v) is 10.9. The smallest absolute Gasteiger partial charge is 0.271 e. The Hall–Kier alpha value is -1.33. The Balaban J connectivity index is 2.03. The quantitative estimate of drug-likeness (QED) is 0.808. The molecule has 0 bridgehead atoms. The Bertz CT molecular complexity index is 483. The number of carbonyl (C=O) groups is 2. The summed E-state index contributed by atoms with van der Waals surface area (Å²) in [6, 6.07) is 2.93. The minimum absolute atomic E-state index is 0.000544. The maximum Gasteiger partial charge on any atom is 0.271 e. The van der Waals surface area contributed by atoms with Crippen LogP contribution >= 0.6 is 23.2 Å². The molecule has 0 spiro atoms. The van der Waals surface area contributed by atoms with Crippen molar-refractivity contribution in [2.75, 3.05) is 6.54 Å². The fraction of sp³-hybridized carbons (Fsp3) is 0.364. The topological polar surface area (TPSA) is 71.1 Å². The first kappa shape index (κ1) is 13.1. The number of piperidine rings is 1. The second-order valence-electron chi connectivity index (χ2n) is 3.98. The number of rotatable bonds is 2. The van der Waals surface area contributed by atoms with Gasteiger partial charge in [0.05, 0.1) is 5.02 Å². The maximum absolute atomic E-state index is 11.9. The molecule has 5 nitrogen and oxygen atoms in total. The molecule has 0 saturated carbocycles. The highest BCUT2D eigenvalue weighted by Crippen LogP contribution is 2.17. The van der Waals surface area contributed by atoms with E-state index in [-0.39, 0.29) is 33.7 Å². The fourth-order valence-corrected chi connectivity index (χ4v) is 2.03. The van der Waals surface area contributed by atoms with Gasteiger partial charge in [0, 0.05) is 19.0 Å². The van der Waals surface area contributed by atoms with Crippen LogP contribution in [0.25, 0.3) is 0 Å². The summed E-state index contributed by atoms with van der Waals surface area (Å²) >= 11 is 11.6. The van der Waals surface area contributed by atoms with Gasteiger partial charge >= 0.3 is 0 Å². The van der Waals surface area contributed by atoms with Gasteiger partial charge in [-0.15, -0.1) is 0 Å². The third kappa shape index (κ3) is 3.11. The molecular weight excluding hydrogens is 277 g/mol. The molecule has 0 aromatic carbocycles. The van der Waals surface area contributed by atoms with E-state index in [4.69, 9.17) is 23.2 Å². The van der Waals surface area contributed by atoms with Crippen LogP contribution in [-0.2, 0) is 4.79 Å².